The molecular formula is C22H27FN2O2. The van der Waals surface area contributed by atoms with Crippen molar-refractivity contribution < 1.29 is 13.9 Å². The van der Waals surface area contributed by atoms with Gasteiger partial charge in [0.25, 0.3) is 5.91 Å². The Morgan fingerprint density at radius 1 is 1.07 bits per heavy atom. The predicted molar refractivity (Wildman–Crippen MR) is 106 cm³/mol. The highest BCUT2D eigenvalue weighted by atomic mass is 19.1. The predicted octanol–water partition coefficient (Wildman–Crippen LogP) is 3.95. The zero-order valence-corrected chi connectivity index (χ0v) is 16.2. The molecule has 0 spiro atoms. The van der Waals surface area contributed by atoms with E-state index >= 15 is 0 Å². The van der Waals surface area contributed by atoms with Gasteiger partial charge in [0, 0.05) is 31.9 Å². The van der Waals surface area contributed by atoms with Crippen LogP contribution in [0, 0.1) is 19.7 Å². The van der Waals surface area contributed by atoms with Gasteiger partial charge in [-0.1, -0.05) is 19.1 Å². The SMILES string of the molecule is CC[C@@H](Oc1ccc(F)cc1)C(=O)N1CCN(c2cccc(C)c2C)CC1. The molecule has 144 valence electrons. The number of rotatable bonds is 5. The summed E-state index contributed by atoms with van der Waals surface area (Å²) in [7, 11) is 0. The number of hydrogen-bond acceptors (Lipinski definition) is 3. The fraction of sp³-hybridized carbons (Fsp3) is 0.409. The molecule has 0 aromatic heterocycles. The lowest BCUT2D eigenvalue weighted by atomic mass is 10.1. The van der Waals surface area contributed by atoms with Crippen LogP contribution in [-0.2, 0) is 4.79 Å². The Labute approximate surface area is 160 Å². The molecule has 2 aromatic rings. The molecule has 1 aliphatic heterocycles. The van der Waals surface area contributed by atoms with Gasteiger partial charge in [-0.15, -0.1) is 0 Å². The van der Waals surface area contributed by atoms with Gasteiger partial charge in [-0.05, 0) is 61.7 Å². The molecule has 4 nitrogen and oxygen atoms in total. The molecule has 1 aliphatic rings. The minimum Gasteiger partial charge on any atom is -0.481 e. The van der Waals surface area contributed by atoms with E-state index in [0.717, 1.165) is 13.1 Å². The van der Waals surface area contributed by atoms with Crippen LogP contribution in [0.15, 0.2) is 42.5 Å². The summed E-state index contributed by atoms with van der Waals surface area (Å²) in [6, 6.07) is 12.2. The Kier molecular flexibility index (Phi) is 5.99. The zero-order chi connectivity index (χ0) is 19.4. The van der Waals surface area contributed by atoms with Gasteiger partial charge >= 0.3 is 0 Å². The van der Waals surface area contributed by atoms with Crippen molar-refractivity contribution in [1.82, 2.24) is 4.90 Å². The van der Waals surface area contributed by atoms with Crippen LogP contribution < -0.4 is 9.64 Å². The highest BCUT2D eigenvalue weighted by Crippen LogP contribution is 2.24. The molecule has 5 heteroatoms. The first kappa shape index (κ1) is 19.2. The number of carbonyl (C=O) groups is 1. The van der Waals surface area contributed by atoms with Crippen LogP contribution in [0.3, 0.4) is 0 Å². The Balaban J connectivity index is 1.61. The minimum absolute atomic E-state index is 0.00226. The molecule has 0 bridgehead atoms. The first-order valence-electron chi connectivity index (χ1n) is 9.51. The number of nitrogens with zero attached hydrogens (tertiary/aromatic N) is 2. The Morgan fingerprint density at radius 2 is 1.74 bits per heavy atom. The van der Waals surface area contributed by atoms with Crippen molar-refractivity contribution in [3.8, 4) is 5.75 Å². The Bertz CT molecular complexity index is 783. The van der Waals surface area contributed by atoms with Crippen LogP contribution in [0.25, 0.3) is 0 Å². The number of amides is 1. The Morgan fingerprint density at radius 3 is 2.37 bits per heavy atom. The molecule has 1 heterocycles. The van der Waals surface area contributed by atoms with Crippen LogP contribution in [0.5, 0.6) is 5.75 Å². The summed E-state index contributed by atoms with van der Waals surface area (Å²) in [5, 5.41) is 0. The van der Waals surface area contributed by atoms with E-state index in [1.165, 1.54) is 28.9 Å². The van der Waals surface area contributed by atoms with E-state index in [1.807, 2.05) is 11.8 Å². The maximum absolute atomic E-state index is 13.0. The Hall–Kier alpha value is -2.56. The van der Waals surface area contributed by atoms with Gasteiger partial charge < -0.3 is 14.5 Å². The molecular weight excluding hydrogens is 343 g/mol. The molecule has 0 N–H and O–H groups in total. The van der Waals surface area contributed by atoms with E-state index in [-0.39, 0.29) is 11.7 Å². The third-order valence-electron chi connectivity index (χ3n) is 5.25. The second kappa shape index (κ2) is 8.42. The van der Waals surface area contributed by atoms with Crippen LogP contribution >= 0.6 is 0 Å². The van der Waals surface area contributed by atoms with E-state index in [1.54, 1.807) is 12.1 Å². The second-order valence-corrected chi connectivity index (χ2v) is 7.00. The van der Waals surface area contributed by atoms with Crippen LogP contribution in [0.4, 0.5) is 10.1 Å². The molecule has 0 saturated carbocycles. The number of hydrogen-bond donors (Lipinski definition) is 0. The van der Waals surface area contributed by atoms with Gasteiger partial charge in [0.05, 0.1) is 0 Å². The van der Waals surface area contributed by atoms with Crippen LogP contribution in [0.1, 0.15) is 24.5 Å². The molecule has 1 atom stereocenters. The largest absolute Gasteiger partial charge is 0.481 e. The highest BCUT2D eigenvalue weighted by Gasteiger charge is 2.28. The van der Waals surface area contributed by atoms with Gasteiger partial charge in [0.2, 0.25) is 0 Å². The molecule has 0 radical (unpaired) electrons. The summed E-state index contributed by atoms with van der Waals surface area (Å²) in [4.78, 5) is 17.1. The van der Waals surface area contributed by atoms with Crippen molar-refractivity contribution >= 4 is 11.6 Å². The third-order valence-corrected chi connectivity index (χ3v) is 5.25. The van der Waals surface area contributed by atoms with Gasteiger partial charge in [-0.3, -0.25) is 4.79 Å². The summed E-state index contributed by atoms with van der Waals surface area (Å²) in [5.41, 5.74) is 3.82. The first-order chi connectivity index (χ1) is 13.0. The zero-order valence-electron chi connectivity index (χ0n) is 16.2. The van der Waals surface area contributed by atoms with E-state index < -0.39 is 6.10 Å². The van der Waals surface area contributed by atoms with Crippen molar-refractivity contribution in [1.29, 1.82) is 0 Å². The minimum atomic E-state index is -0.539. The van der Waals surface area contributed by atoms with E-state index in [0.29, 0.717) is 25.3 Å². The molecule has 2 aromatic carbocycles. The molecule has 1 saturated heterocycles. The fourth-order valence-electron chi connectivity index (χ4n) is 3.44. The van der Waals surface area contributed by atoms with E-state index in [2.05, 4.69) is 36.9 Å². The lowest BCUT2D eigenvalue weighted by Crippen LogP contribution is -2.52. The van der Waals surface area contributed by atoms with Crippen molar-refractivity contribution in [2.45, 2.75) is 33.3 Å². The number of ether oxygens (including phenoxy) is 1. The normalized spacial score (nSPS) is 15.6. The molecule has 1 fully saturated rings. The van der Waals surface area contributed by atoms with Crippen molar-refractivity contribution in [3.63, 3.8) is 0 Å². The molecule has 3 rings (SSSR count). The smallest absolute Gasteiger partial charge is 0.263 e. The monoisotopic (exact) mass is 370 g/mol. The quantitative estimate of drug-likeness (QED) is 0.799. The van der Waals surface area contributed by atoms with Gasteiger partial charge in [0.1, 0.15) is 11.6 Å². The average molecular weight is 370 g/mol. The first-order valence-corrected chi connectivity index (χ1v) is 9.51. The van der Waals surface area contributed by atoms with Crippen molar-refractivity contribution in [2.24, 2.45) is 0 Å². The van der Waals surface area contributed by atoms with Crippen LogP contribution in [0.2, 0.25) is 0 Å². The van der Waals surface area contributed by atoms with Crippen LogP contribution in [-0.4, -0.2) is 43.1 Å². The number of benzene rings is 2. The van der Waals surface area contributed by atoms with Crippen molar-refractivity contribution in [2.75, 3.05) is 31.1 Å². The van der Waals surface area contributed by atoms with Gasteiger partial charge in [-0.25, -0.2) is 4.39 Å². The molecule has 0 unspecified atom stereocenters. The van der Waals surface area contributed by atoms with Gasteiger partial charge in [0.15, 0.2) is 6.10 Å². The maximum Gasteiger partial charge on any atom is 0.263 e. The maximum atomic E-state index is 13.0. The lowest BCUT2D eigenvalue weighted by molar-refractivity contribution is -0.139. The summed E-state index contributed by atoms with van der Waals surface area (Å²) in [5.74, 6) is 0.206. The number of aryl methyl sites for hydroxylation is 1. The second-order valence-electron chi connectivity index (χ2n) is 7.00. The van der Waals surface area contributed by atoms with Crippen molar-refractivity contribution in [3.05, 3.63) is 59.4 Å². The lowest BCUT2D eigenvalue weighted by Gasteiger charge is -2.38. The topological polar surface area (TPSA) is 32.8 Å². The highest BCUT2D eigenvalue weighted by molar-refractivity contribution is 5.81. The molecule has 1 amide bonds. The summed E-state index contributed by atoms with van der Waals surface area (Å²) >= 11 is 0. The third kappa shape index (κ3) is 4.41. The van der Waals surface area contributed by atoms with E-state index in [9.17, 15) is 9.18 Å². The van der Waals surface area contributed by atoms with Gasteiger partial charge in [-0.2, -0.15) is 0 Å². The average Bonchev–Trinajstić information content (AvgIpc) is 2.69. The number of carbonyl (C=O) groups excluding carboxylic acids is 1. The fourth-order valence-corrected chi connectivity index (χ4v) is 3.44. The number of anilines is 1. The number of halogens is 1. The van der Waals surface area contributed by atoms with E-state index in [4.69, 9.17) is 4.74 Å². The summed E-state index contributed by atoms with van der Waals surface area (Å²) in [6.07, 6.45) is 0.0376. The molecule has 0 aliphatic carbocycles. The molecule has 27 heavy (non-hydrogen) atoms. The number of piperazine rings is 1. The summed E-state index contributed by atoms with van der Waals surface area (Å²) in [6.45, 7) is 9.17. The standard InChI is InChI=1S/C22H27FN2O2/c1-4-21(27-19-10-8-18(23)9-11-19)22(26)25-14-12-24(13-15-25)20-7-5-6-16(2)17(20)3/h5-11,21H,4,12-15H2,1-3H3/t21-/m1/s1. The summed E-state index contributed by atoms with van der Waals surface area (Å²) < 4.78 is 18.9.